The third kappa shape index (κ3) is 4.46. The molecule has 0 radical (unpaired) electrons. The van der Waals surface area contributed by atoms with E-state index >= 15 is 0 Å². The highest BCUT2D eigenvalue weighted by Gasteiger charge is 2.22. The summed E-state index contributed by atoms with van der Waals surface area (Å²) in [5.74, 6) is 0.152. The van der Waals surface area contributed by atoms with Gasteiger partial charge in [0.1, 0.15) is 5.03 Å². The summed E-state index contributed by atoms with van der Waals surface area (Å²) >= 11 is 3.01. The van der Waals surface area contributed by atoms with Gasteiger partial charge in [0.05, 0.1) is 12.3 Å². The highest BCUT2D eigenvalue weighted by atomic mass is 32.2. The Morgan fingerprint density at radius 1 is 1.28 bits per heavy atom. The van der Waals surface area contributed by atoms with Gasteiger partial charge >= 0.3 is 5.69 Å². The molecule has 150 valence electrons. The number of nitrogens with one attached hydrogen (secondary N) is 1. The Hall–Kier alpha value is -2.38. The summed E-state index contributed by atoms with van der Waals surface area (Å²) in [6.45, 7) is 4.59. The van der Waals surface area contributed by atoms with E-state index in [-0.39, 0.29) is 17.3 Å². The van der Waals surface area contributed by atoms with Crippen molar-refractivity contribution in [1.29, 1.82) is 0 Å². The molecule has 0 saturated heterocycles. The fourth-order valence-corrected chi connectivity index (χ4v) is 5.27. The third-order valence-electron chi connectivity index (χ3n) is 5.09. The van der Waals surface area contributed by atoms with Crippen molar-refractivity contribution in [2.24, 2.45) is 0 Å². The van der Waals surface area contributed by atoms with E-state index in [4.69, 9.17) is 0 Å². The Morgan fingerprint density at radius 3 is 2.90 bits per heavy atom. The maximum Gasteiger partial charge on any atom is 0.349 e. The normalized spacial score (nSPS) is 12.8. The van der Waals surface area contributed by atoms with Crippen molar-refractivity contribution in [3.63, 3.8) is 0 Å². The van der Waals surface area contributed by atoms with Gasteiger partial charge in [0.2, 0.25) is 5.91 Å². The van der Waals surface area contributed by atoms with Gasteiger partial charge in [0, 0.05) is 21.8 Å². The predicted octanol–water partition coefficient (Wildman–Crippen LogP) is 4.19. The molecule has 0 atom stereocenters. The Balaban J connectivity index is 1.49. The zero-order valence-electron chi connectivity index (χ0n) is 16.5. The van der Waals surface area contributed by atoms with E-state index in [1.54, 1.807) is 15.9 Å². The molecule has 1 aliphatic carbocycles. The number of carbonyl (C=O) groups excluding carboxylic acids is 1. The first-order valence-electron chi connectivity index (χ1n) is 9.66. The van der Waals surface area contributed by atoms with E-state index in [0.29, 0.717) is 11.6 Å². The molecule has 0 spiro atoms. The zero-order chi connectivity index (χ0) is 20.4. The molecule has 7 heteroatoms. The molecule has 4 rings (SSSR count). The molecule has 1 aromatic carbocycles. The summed E-state index contributed by atoms with van der Waals surface area (Å²) < 4.78 is 1.80. The lowest BCUT2D eigenvalue weighted by Crippen LogP contribution is -2.27. The number of aryl methyl sites for hydroxylation is 2. The average Bonchev–Trinajstić information content (AvgIpc) is 3.36. The van der Waals surface area contributed by atoms with E-state index in [2.05, 4.69) is 10.3 Å². The van der Waals surface area contributed by atoms with Crippen LogP contribution in [0.3, 0.4) is 0 Å². The minimum absolute atomic E-state index is 0.0849. The van der Waals surface area contributed by atoms with Gasteiger partial charge in [-0.05, 0) is 56.2 Å². The summed E-state index contributed by atoms with van der Waals surface area (Å²) in [5, 5.41) is 5.69. The topological polar surface area (TPSA) is 64.0 Å². The molecule has 0 saturated carbocycles. The summed E-state index contributed by atoms with van der Waals surface area (Å²) in [6.07, 6.45) is 2.82. The van der Waals surface area contributed by atoms with Crippen LogP contribution in [0.2, 0.25) is 0 Å². The van der Waals surface area contributed by atoms with Crippen LogP contribution in [0.25, 0.3) is 0 Å². The van der Waals surface area contributed by atoms with Gasteiger partial charge in [-0.25, -0.2) is 4.79 Å². The van der Waals surface area contributed by atoms with E-state index in [1.165, 1.54) is 11.8 Å². The fourth-order valence-electron chi connectivity index (χ4n) is 3.70. The number of fused-ring (bicyclic) bond motifs is 1. The number of aromatic nitrogens is 2. The second-order valence-corrected chi connectivity index (χ2v) is 9.30. The monoisotopic (exact) mass is 425 g/mol. The number of nitrogens with zero attached hydrogens (tertiary/aromatic N) is 2. The van der Waals surface area contributed by atoms with Gasteiger partial charge in [0.15, 0.2) is 0 Å². The quantitative estimate of drug-likeness (QED) is 0.475. The number of thiophene rings is 1. The number of amides is 1. The lowest BCUT2D eigenvalue weighted by Gasteiger charge is -2.14. The van der Waals surface area contributed by atoms with Crippen molar-refractivity contribution in [3.8, 4) is 0 Å². The van der Waals surface area contributed by atoms with Crippen LogP contribution in [0.5, 0.6) is 0 Å². The van der Waals surface area contributed by atoms with Gasteiger partial charge < -0.3 is 5.32 Å². The third-order valence-corrected chi connectivity index (χ3v) is 6.97. The van der Waals surface area contributed by atoms with Crippen LogP contribution in [0.4, 0.5) is 5.69 Å². The van der Waals surface area contributed by atoms with Crippen molar-refractivity contribution < 1.29 is 4.79 Å². The molecule has 0 unspecified atom stereocenters. The number of thioether (sulfide) groups is 1. The SMILES string of the molecule is Cc1ccc(NC(=O)CSc2nc(=O)n(Cc3cccs3)c3c2CCC3)c(C)c1. The van der Waals surface area contributed by atoms with Gasteiger partial charge in [-0.15, -0.1) is 11.3 Å². The Kier molecular flexibility index (Phi) is 5.87. The molecular weight excluding hydrogens is 402 g/mol. The summed E-state index contributed by atoms with van der Waals surface area (Å²) in [4.78, 5) is 30.6. The average molecular weight is 426 g/mol. The molecule has 2 aromatic heterocycles. The van der Waals surface area contributed by atoms with E-state index < -0.39 is 0 Å². The highest BCUT2D eigenvalue weighted by Crippen LogP contribution is 2.30. The number of carbonyl (C=O) groups is 1. The van der Waals surface area contributed by atoms with E-state index in [9.17, 15) is 9.59 Å². The van der Waals surface area contributed by atoms with Crippen molar-refractivity contribution >= 4 is 34.7 Å². The molecule has 1 amide bonds. The van der Waals surface area contributed by atoms with Crippen LogP contribution in [0.1, 0.15) is 33.7 Å². The van der Waals surface area contributed by atoms with Crippen LogP contribution in [-0.4, -0.2) is 21.2 Å². The molecule has 29 heavy (non-hydrogen) atoms. The smallest absolute Gasteiger partial charge is 0.325 e. The summed E-state index contributed by atoms with van der Waals surface area (Å²) in [6, 6.07) is 9.99. The first-order chi connectivity index (χ1) is 14.0. The lowest BCUT2D eigenvalue weighted by atomic mass is 10.1. The lowest BCUT2D eigenvalue weighted by molar-refractivity contribution is -0.113. The molecule has 1 N–H and O–H groups in total. The fraction of sp³-hybridized carbons (Fsp3) is 0.318. The van der Waals surface area contributed by atoms with Gasteiger partial charge in [-0.3, -0.25) is 9.36 Å². The standard InChI is InChI=1S/C22H23N3O2S2/c1-14-8-9-18(15(2)11-14)23-20(26)13-29-21-17-6-3-7-19(17)25(22(27)24-21)12-16-5-4-10-28-16/h4-5,8-11H,3,6-7,12-13H2,1-2H3,(H,23,26). The predicted molar refractivity (Wildman–Crippen MR) is 119 cm³/mol. The first kappa shape index (κ1) is 19.9. The molecule has 0 fully saturated rings. The molecule has 1 aliphatic rings. The van der Waals surface area contributed by atoms with Crippen LogP contribution < -0.4 is 11.0 Å². The molecule has 3 aromatic rings. The Morgan fingerprint density at radius 2 is 2.14 bits per heavy atom. The first-order valence-corrected chi connectivity index (χ1v) is 11.5. The van der Waals surface area contributed by atoms with Gasteiger partial charge in [0.25, 0.3) is 0 Å². The number of hydrogen-bond acceptors (Lipinski definition) is 5. The van der Waals surface area contributed by atoms with Crippen LogP contribution >= 0.6 is 23.1 Å². The zero-order valence-corrected chi connectivity index (χ0v) is 18.2. The van der Waals surface area contributed by atoms with Crippen molar-refractivity contribution in [3.05, 3.63) is 73.5 Å². The van der Waals surface area contributed by atoms with Crippen LogP contribution in [-0.2, 0) is 24.2 Å². The Labute approximate surface area is 178 Å². The highest BCUT2D eigenvalue weighted by molar-refractivity contribution is 8.00. The molecule has 0 bridgehead atoms. The molecule has 0 aliphatic heterocycles. The second-order valence-electron chi connectivity index (χ2n) is 7.30. The van der Waals surface area contributed by atoms with Gasteiger partial charge in [-0.1, -0.05) is 35.5 Å². The number of hydrogen-bond donors (Lipinski definition) is 1. The summed E-state index contributed by atoms with van der Waals surface area (Å²) in [5.41, 5.74) is 5.01. The summed E-state index contributed by atoms with van der Waals surface area (Å²) in [7, 11) is 0. The molecule has 5 nitrogen and oxygen atoms in total. The minimum atomic E-state index is -0.226. The van der Waals surface area contributed by atoms with E-state index in [0.717, 1.165) is 52.2 Å². The molecule has 2 heterocycles. The minimum Gasteiger partial charge on any atom is -0.325 e. The maximum atomic E-state index is 12.7. The van der Waals surface area contributed by atoms with Gasteiger partial charge in [-0.2, -0.15) is 4.98 Å². The van der Waals surface area contributed by atoms with Crippen LogP contribution in [0.15, 0.2) is 45.5 Å². The van der Waals surface area contributed by atoms with Crippen molar-refractivity contribution in [2.45, 2.75) is 44.7 Å². The Bertz CT molecular complexity index is 1100. The van der Waals surface area contributed by atoms with Crippen molar-refractivity contribution in [2.75, 3.05) is 11.1 Å². The second kappa shape index (κ2) is 8.55. The maximum absolute atomic E-state index is 12.7. The largest absolute Gasteiger partial charge is 0.349 e. The number of benzene rings is 1. The number of anilines is 1. The number of rotatable bonds is 6. The van der Waals surface area contributed by atoms with E-state index in [1.807, 2.05) is 49.6 Å². The van der Waals surface area contributed by atoms with Crippen molar-refractivity contribution in [1.82, 2.24) is 9.55 Å². The molecular formula is C22H23N3O2S2. The van der Waals surface area contributed by atoms with Crippen LogP contribution in [0, 0.1) is 13.8 Å².